The third kappa shape index (κ3) is 3.29. The number of nitrogens with zero attached hydrogens (tertiary/aromatic N) is 1. The summed E-state index contributed by atoms with van der Waals surface area (Å²) >= 11 is 0. The molecule has 0 aliphatic heterocycles. The smallest absolute Gasteiger partial charge is 0.234 e. The van der Waals surface area contributed by atoms with Crippen LogP contribution in [-0.4, -0.2) is 28.3 Å². The fraction of sp³-hybridized carbons (Fsp3) is 0.500. The Kier molecular flexibility index (Phi) is 4.84. The molecular weight excluding hydrogens is 252 g/mol. The first-order chi connectivity index (χ1) is 8.42. The monoisotopic (exact) mass is 272 g/mol. The van der Waals surface area contributed by atoms with Gasteiger partial charge in [0.2, 0.25) is 10.0 Å². The lowest BCUT2D eigenvalue weighted by molar-refractivity contribution is 0.417. The van der Waals surface area contributed by atoms with Crippen molar-refractivity contribution < 1.29 is 13.2 Å². The highest BCUT2D eigenvalue weighted by atomic mass is 32.2. The third-order valence-electron chi connectivity index (χ3n) is 2.75. The van der Waals surface area contributed by atoms with Gasteiger partial charge in [-0.2, -0.15) is 0 Å². The Labute approximate surface area is 109 Å². The van der Waals surface area contributed by atoms with E-state index in [2.05, 4.69) is 0 Å². The lowest BCUT2D eigenvalue weighted by Crippen LogP contribution is -2.29. The van der Waals surface area contributed by atoms with E-state index in [1.54, 1.807) is 18.2 Å². The molecule has 18 heavy (non-hydrogen) atoms. The zero-order valence-electron chi connectivity index (χ0n) is 11.0. The van der Waals surface area contributed by atoms with E-state index < -0.39 is 10.0 Å². The Bertz CT molecular complexity index is 500. The van der Waals surface area contributed by atoms with E-state index >= 15 is 0 Å². The molecule has 0 unspecified atom stereocenters. The summed E-state index contributed by atoms with van der Waals surface area (Å²) in [6, 6.07) is 4.93. The second kappa shape index (κ2) is 5.95. The van der Waals surface area contributed by atoms with Crippen LogP contribution < -0.4 is 14.8 Å². The van der Waals surface area contributed by atoms with Gasteiger partial charge in [0.25, 0.3) is 0 Å². The second-order valence-electron chi connectivity index (χ2n) is 4.06. The fourth-order valence-electron chi connectivity index (χ4n) is 1.52. The maximum absolute atomic E-state index is 12.0. The van der Waals surface area contributed by atoms with Crippen molar-refractivity contribution >= 4 is 21.4 Å². The number of nitrogens with two attached hydrogens (primary N) is 1. The minimum atomic E-state index is -3.28. The van der Waals surface area contributed by atoms with Crippen molar-refractivity contribution in [2.45, 2.75) is 19.8 Å². The third-order valence-corrected chi connectivity index (χ3v) is 4.60. The number of anilines is 2. The van der Waals surface area contributed by atoms with Gasteiger partial charge in [0.15, 0.2) is 0 Å². The number of methoxy groups -OCH3 is 1. The van der Waals surface area contributed by atoms with Gasteiger partial charge in [0, 0.05) is 13.1 Å². The number of unbranched alkanes of at least 4 members (excludes halogenated alkanes) is 1. The molecule has 0 aliphatic carbocycles. The molecule has 0 saturated heterocycles. The SMILES string of the molecule is CCCCS(=O)(=O)N(C)c1ccc(N)c(OC)c1. The quantitative estimate of drug-likeness (QED) is 0.802. The maximum Gasteiger partial charge on any atom is 0.234 e. The predicted octanol–water partition coefficient (Wildman–Crippen LogP) is 1.84. The number of nitrogen functional groups attached to an aromatic ring is 1. The van der Waals surface area contributed by atoms with E-state index in [0.29, 0.717) is 23.5 Å². The van der Waals surface area contributed by atoms with Crippen LogP contribution in [-0.2, 0) is 10.0 Å². The first-order valence-electron chi connectivity index (χ1n) is 5.82. The van der Waals surface area contributed by atoms with E-state index in [9.17, 15) is 8.42 Å². The summed E-state index contributed by atoms with van der Waals surface area (Å²) in [6.45, 7) is 1.96. The summed E-state index contributed by atoms with van der Waals surface area (Å²) in [5.41, 5.74) is 6.74. The van der Waals surface area contributed by atoms with Gasteiger partial charge in [0.05, 0.1) is 24.2 Å². The van der Waals surface area contributed by atoms with Crippen LogP contribution in [0.15, 0.2) is 18.2 Å². The number of benzene rings is 1. The molecular formula is C12H20N2O3S. The fourth-order valence-corrected chi connectivity index (χ4v) is 2.88. The summed E-state index contributed by atoms with van der Waals surface area (Å²) in [5.74, 6) is 0.622. The molecule has 0 bridgehead atoms. The zero-order valence-corrected chi connectivity index (χ0v) is 11.8. The molecule has 5 nitrogen and oxygen atoms in total. The van der Waals surface area contributed by atoms with E-state index in [1.165, 1.54) is 18.5 Å². The van der Waals surface area contributed by atoms with Gasteiger partial charge in [-0.3, -0.25) is 4.31 Å². The number of ether oxygens (including phenoxy) is 1. The molecule has 0 heterocycles. The number of sulfonamides is 1. The van der Waals surface area contributed by atoms with Crippen LogP contribution in [0, 0.1) is 0 Å². The predicted molar refractivity (Wildman–Crippen MR) is 74.5 cm³/mol. The summed E-state index contributed by atoms with van der Waals surface area (Å²) in [4.78, 5) is 0. The van der Waals surface area contributed by atoms with Crippen LogP contribution in [0.3, 0.4) is 0 Å². The van der Waals surface area contributed by atoms with Gasteiger partial charge in [-0.05, 0) is 18.6 Å². The first kappa shape index (κ1) is 14.6. The summed E-state index contributed by atoms with van der Waals surface area (Å²) in [7, 11) is -0.238. The molecule has 0 amide bonds. The standard InChI is InChI=1S/C12H20N2O3S/c1-4-5-8-18(15,16)14(2)10-6-7-11(13)12(9-10)17-3/h6-7,9H,4-5,8,13H2,1-3H3. The van der Waals surface area contributed by atoms with Crippen LogP contribution in [0.1, 0.15) is 19.8 Å². The zero-order chi connectivity index (χ0) is 13.8. The highest BCUT2D eigenvalue weighted by molar-refractivity contribution is 7.92. The molecule has 1 aromatic rings. The van der Waals surface area contributed by atoms with Crippen molar-refractivity contribution in [2.75, 3.05) is 29.9 Å². The van der Waals surface area contributed by atoms with Gasteiger partial charge in [-0.1, -0.05) is 13.3 Å². The van der Waals surface area contributed by atoms with Crippen molar-refractivity contribution in [2.24, 2.45) is 0 Å². The minimum Gasteiger partial charge on any atom is -0.495 e. The Balaban J connectivity index is 3.00. The first-order valence-corrected chi connectivity index (χ1v) is 7.43. The molecule has 0 spiro atoms. The summed E-state index contributed by atoms with van der Waals surface area (Å²) in [6.07, 6.45) is 1.50. The number of hydrogen-bond donors (Lipinski definition) is 1. The Hall–Kier alpha value is -1.43. The average molecular weight is 272 g/mol. The Morgan fingerprint density at radius 3 is 2.61 bits per heavy atom. The molecule has 2 N–H and O–H groups in total. The lowest BCUT2D eigenvalue weighted by atomic mass is 10.2. The van der Waals surface area contributed by atoms with Crippen molar-refractivity contribution in [1.82, 2.24) is 0 Å². The van der Waals surface area contributed by atoms with Crippen LogP contribution >= 0.6 is 0 Å². The minimum absolute atomic E-state index is 0.146. The van der Waals surface area contributed by atoms with E-state index in [0.717, 1.165) is 6.42 Å². The van der Waals surface area contributed by atoms with Gasteiger partial charge >= 0.3 is 0 Å². The molecule has 1 aromatic carbocycles. The van der Waals surface area contributed by atoms with Gasteiger partial charge in [-0.15, -0.1) is 0 Å². The van der Waals surface area contributed by atoms with Gasteiger partial charge < -0.3 is 10.5 Å². The van der Waals surface area contributed by atoms with Crippen LogP contribution in [0.25, 0.3) is 0 Å². The van der Waals surface area contributed by atoms with E-state index in [-0.39, 0.29) is 5.75 Å². The van der Waals surface area contributed by atoms with Gasteiger partial charge in [0.1, 0.15) is 5.75 Å². The molecule has 102 valence electrons. The maximum atomic E-state index is 12.0. The Morgan fingerprint density at radius 2 is 2.06 bits per heavy atom. The molecule has 0 aromatic heterocycles. The second-order valence-corrected chi connectivity index (χ2v) is 6.18. The summed E-state index contributed by atoms with van der Waals surface area (Å²) < 4.78 is 30.4. The van der Waals surface area contributed by atoms with Crippen molar-refractivity contribution in [3.05, 3.63) is 18.2 Å². The van der Waals surface area contributed by atoms with E-state index in [4.69, 9.17) is 10.5 Å². The number of hydrogen-bond acceptors (Lipinski definition) is 4. The summed E-state index contributed by atoms with van der Waals surface area (Å²) in [5, 5.41) is 0. The molecule has 0 radical (unpaired) electrons. The number of rotatable bonds is 6. The molecule has 0 atom stereocenters. The highest BCUT2D eigenvalue weighted by Crippen LogP contribution is 2.28. The van der Waals surface area contributed by atoms with E-state index in [1.807, 2.05) is 6.92 Å². The molecule has 1 rings (SSSR count). The topological polar surface area (TPSA) is 72.6 Å². The van der Waals surface area contributed by atoms with Crippen molar-refractivity contribution in [1.29, 1.82) is 0 Å². The molecule has 0 fully saturated rings. The van der Waals surface area contributed by atoms with Crippen LogP contribution in [0.2, 0.25) is 0 Å². The average Bonchev–Trinajstić information content (AvgIpc) is 2.36. The molecule has 0 aliphatic rings. The van der Waals surface area contributed by atoms with Crippen LogP contribution in [0.5, 0.6) is 5.75 Å². The normalized spacial score (nSPS) is 11.3. The molecule has 6 heteroatoms. The molecule has 0 saturated carbocycles. The Morgan fingerprint density at radius 1 is 1.39 bits per heavy atom. The highest BCUT2D eigenvalue weighted by Gasteiger charge is 2.18. The van der Waals surface area contributed by atoms with Gasteiger partial charge in [-0.25, -0.2) is 8.42 Å². The van der Waals surface area contributed by atoms with Crippen molar-refractivity contribution in [3.63, 3.8) is 0 Å². The van der Waals surface area contributed by atoms with Crippen molar-refractivity contribution in [3.8, 4) is 5.75 Å². The van der Waals surface area contributed by atoms with Crippen LogP contribution in [0.4, 0.5) is 11.4 Å². The largest absolute Gasteiger partial charge is 0.495 e. The lowest BCUT2D eigenvalue weighted by Gasteiger charge is -2.20.